The van der Waals surface area contributed by atoms with Crippen molar-refractivity contribution in [2.75, 3.05) is 6.61 Å². The Labute approximate surface area is 131 Å². The zero-order chi connectivity index (χ0) is 16.8. The van der Waals surface area contributed by atoms with Gasteiger partial charge in [0.05, 0.1) is 12.3 Å². The van der Waals surface area contributed by atoms with Gasteiger partial charge in [-0.25, -0.2) is 5.43 Å². The molecule has 0 aliphatic rings. The van der Waals surface area contributed by atoms with Gasteiger partial charge in [0, 0.05) is 0 Å². The Morgan fingerprint density at radius 1 is 1.35 bits per heavy atom. The summed E-state index contributed by atoms with van der Waals surface area (Å²) in [5.74, 6) is -0.0997. The first-order valence-corrected chi connectivity index (χ1v) is 6.72. The fourth-order valence-corrected chi connectivity index (χ4v) is 1.66. The Hall–Kier alpha value is -3.16. The summed E-state index contributed by atoms with van der Waals surface area (Å²) in [5.41, 5.74) is 4.45. The predicted molar refractivity (Wildman–Crippen MR) is 82.5 cm³/mol. The maximum atomic E-state index is 11.6. The summed E-state index contributed by atoms with van der Waals surface area (Å²) in [7, 11) is 0. The van der Waals surface area contributed by atoms with Crippen LogP contribution in [0.3, 0.4) is 0 Å². The first-order chi connectivity index (χ1) is 11.0. The minimum atomic E-state index is -0.659. The van der Waals surface area contributed by atoms with Gasteiger partial charge in [-0.2, -0.15) is 5.10 Å². The van der Waals surface area contributed by atoms with Crippen LogP contribution in [0.5, 0.6) is 5.75 Å². The fourth-order valence-electron chi connectivity index (χ4n) is 1.66. The number of ether oxygens (including phenoxy) is 1. The summed E-state index contributed by atoms with van der Waals surface area (Å²) in [6, 6.07) is 8.10. The lowest BCUT2D eigenvalue weighted by atomic mass is 10.1. The van der Waals surface area contributed by atoms with E-state index in [0.717, 1.165) is 11.1 Å². The fraction of sp³-hybridized carbons (Fsp3) is 0.200. The molecule has 1 aromatic carbocycles. The molecule has 1 aromatic heterocycles. The third kappa shape index (κ3) is 4.67. The molecule has 0 radical (unpaired) electrons. The lowest BCUT2D eigenvalue weighted by Gasteiger charge is -2.07. The monoisotopic (exact) mass is 317 g/mol. The number of nitrogens with zero attached hydrogens (tertiary/aromatic N) is 2. The van der Waals surface area contributed by atoms with Crippen LogP contribution in [0, 0.1) is 24.0 Å². The number of carbonyl (C=O) groups excluding carboxylic acids is 1. The SMILES string of the molecule is Cc1ccc(OCC(=O)N/N=C/c2ccc([N+](=O)[O-])o2)cc1C. The number of nitrogens with one attached hydrogen (secondary N) is 1. The van der Waals surface area contributed by atoms with E-state index in [1.807, 2.05) is 26.0 Å². The van der Waals surface area contributed by atoms with Gasteiger partial charge in [0.1, 0.15) is 10.7 Å². The van der Waals surface area contributed by atoms with Gasteiger partial charge in [-0.05, 0) is 43.2 Å². The number of carbonyl (C=O) groups is 1. The second-order valence-electron chi connectivity index (χ2n) is 4.76. The van der Waals surface area contributed by atoms with E-state index in [9.17, 15) is 14.9 Å². The van der Waals surface area contributed by atoms with Crippen molar-refractivity contribution in [2.45, 2.75) is 13.8 Å². The van der Waals surface area contributed by atoms with Crippen LogP contribution in [0.15, 0.2) is 39.9 Å². The quantitative estimate of drug-likeness (QED) is 0.500. The number of hydrazone groups is 1. The highest BCUT2D eigenvalue weighted by molar-refractivity contribution is 5.81. The molecule has 0 aliphatic heterocycles. The molecule has 0 atom stereocenters. The van der Waals surface area contributed by atoms with Crippen molar-refractivity contribution in [3.05, 3.63) is 57.3 Å². The van der Waals surface area contributed by atoms with Crippen molar-refractivity contribution in [3.8, 4) is 5.75 Å². The highest BCUT2D eigenvalue weighted by atomic mass is 16.6. The van der Waals surface area contributed by atoms with Gasteiger partial charge in [-0.1, -0.05) is 6.07 Å². The molecule has 0 bridgehead atoms. The van der Waals surface area contributed by atoms with Crippen molar-refractivity contribution >= 4 is 18.0 Å². The molecule has 0 unspecified atom stereocenters. The molecule has 0 aliphatic carbocycles. The van der Waals surface area contributed by atoms with Crippen molar-refractivity contribution in [2.24, 2.45) is 5.10 Å². The largest absolute Gasteiger partial charge is 0.484 e. The zero-order valence-electron chi connectivity index (χ0n) is 12.6. The predicted octanol–water partition coefficient (Wildman–Crippen LogP) is 2.33. The number of nitro groups is 1. The Balaban J connectivity index is 1.81. The van der Waals surface area contributed by atoms with Crippen LogP contribution < -0.4 is 10.2 Å². The summed E-state index contributed by atoms with van der Waals surface area (Å²) in [6.45, 7) is 3.74. The molecule has 1 amide bonds. The van der Waals surface area contributed by atoms with Gasteiger partial charge in [0.15, 0.2) is 12.4 Å². The molecule has 1 heterocycles. The summed E-state index contributed by atoms with van der Waals surface area (Å²) < 4.78 is 10.2. The molecule has 8 heteroatoms. The van der Waals surface area contributed by atoms with Crippen LogP contribution in [0.25, 0.3) is 0 Å². The molecule has 8 nitrogen and oxygen atoms in total. The van der Waals surface area contributed by atoms with Gasteiger partial charge in [-0.15, -0.1) is 0 Å². The Bertz CT molecular complexity index is 751. The minimum absolute atomic E-state index is 0.159. The molecule has 1 N–H and O–H groups in total. The summed E-state index contributed by atoms with van der Waals surface area (Å²) in [6.07, 6.45) is 1.17. The molecular formula is C15H15N3O5. The number of aryl methyl sites for hydroxylation is 2. The Morgan fingerprint density at radius 2 is 2.13 bits per heavy atom. The van der Waals surface area contributed by atoms with Crippen LogP contribution in [0.1, 0.15) is 16.9 Å². The molecule has 0 fully saturated rings. The normalized spacial score (nSPS) is 10.7. The van der Waals surface area contributed by atoms with E-state index < -0.39 is 16.7 Å². The van der Waals surface area contributed by atoms with Crippen molar-refractivity contribution in [1.82, 2.24) is 5.43 Å². The Morgan fingerprint density at radius 3 is 2.78 bits per heavy atom. The number of hydrogen-bond acceptors (Lipinski definition) is 6. The number of rotatable bonds is 6. The molecular weight excluding hydrogens is 302 g/mol. The number of amides is 1. The van der Waals surface area contributed by atoms with Gasteiger partial charge in [0.2, 0.25) is 0 Å². The highest BCUT2D eigenvalue weighted by Gasteiger charge is 2.10. The topological polar surface area (TPSA) is 107 Å². The molecule has 23 heavy (non-hydrogen) atoms. The van der Waals surface area contributed by atoms with Gasteiger partial charge >= 0.3 is 5.88 Å². The number of hydrogen-bond donors (Lipinski definition) is 1. The van der Waals surface area contributed by atoms with Gasteiger partial charge in [-0.3, -0.25) is 14.9 Å². The van der Waals surface area contributed by atoms with Crippen LogP contribution in [0.4, 0.5) is 5.88 Å². The smallest absolute Gasteiger partial charge is 0.433 e. The molecule has 0 saturated carbocycles. The van der Waals surface area contributed by atoms with Crippen molar-refractivity contribution < 1.29 is 18.9 Å². The maximum Gasteiger partial charge on any atom is 0.433 e. The first-order valence-electron chi connectivity index (χ1n) is 6.72. The second kappa shape index (κ2) is 7.21. The van der Waals surface area contributed by atoms with E-state index in [0.29, 0.717) is 5.75 Å². The van der Waals surface area contributed by atoms with Crippen LogP contribution in [-0.4, -0.2) is 23.7 Å². The number of benzene rings is 1. The standard InChI is InChI=1S/C15H15N3O5/c1-10-3-4-12(7-11(10)2)22-9-14(19)17-16-8-13-5-6-15(23-13)18(20)21/h3-8H,9H2,1-2H3,(H,17,19)/b16-8+. The van der Waals surface area contributed by atoms with E-state index in [2.05, 4.69) is 10.5 Å². The van der Waals surface area contributed by atoms with Crippen LogP contribution >= 0.6 is 0 Å². The maximum absolute atomic E-state index is 11.6. The molecule has 2 rings (SSSR count). The van der Waals surface area contributed by atoms with E-state index in [-0.39, 0.29) is 12.4 Å². The second-order valence-corrected chi connectivity index (χ2v) is 4.76. The summed E-state index contributed by atoms with van der Waals surface area (Å²) in [4.78, 5) is 21.4. The lowest BCUT2D eigenvalue weighted by molar-refractivity contribution is -0.402. The average Bonchev–Trinajstić information content (AvgIpc) is 2.97. The first kappa shape index (κ1) is 16.2. The average molecular weight is 317 g/mol. The molecule has 0 saturated heterocycles. The lowest BCUT2D eigenvalue weighted by Crippen LogP contribution is -2.24. The van der Waals surface area contributed by atoms with Crippen molar-refractivity contribution in [1.29, 1.82) is 0 Å². The summed E-state index contributed by atoms with van der Waals surface area (Å²) in [5, 5.41) is 14.1. The molecule has 120 valence electrons. The van der Waals surface area contributed by atoms with Gasteiger partial charge in [0.25, 0.3) is 5.91 Å². The highest BCUT2D eigenvalue weighted by Crippen LogP contribution is 2.16. The summed E-state index contributed by atoms with van der Waals surface area (Å²) >= 11 is 0. The van der Waals surface area contributed by atoms with E-state index in [1.165, 1.54) is 18.3 Å². The minimum Gasteiger partial charge on any atom is -0.484 e. The zero-order valence-corrected chi connectivity index (χ0v) is 12.6. The third-order valence-electron chi connectivity index (χ3n) is 3.02. The molecule has 2 aromatic rings. The van der Waals surface area contributed by atoms with Crippen LogP contribution in [0.2, 0.25) is 0 Å². The van der Waals surface area contributed by atoms with E-state index >= 15 is 0 Å². The van der Waals surface area contributed by atoms with E-state index in [4.69, 9.17) is 9.15 Å². The molecule has 0 spiro atoms. The Kier molecular flexibility index (Phi) is 5.08. The third-order valence-corrected chi connectivity index (χ3v) is 3.02. The number of furan rings is 1. The van der Waals surface area contributed by atoms with Crippen molar-refractivity contribution in [3.63, 3.8) is 0 Å². The van der Waals surface area contributed by atoms with Gasteiger partial charge < -0.3 is 9.15 Å². The van der Waals surface area contributed by atoms with E-state index in [1.54, 1.807) is 6.07 Å². The van der Waals surface area contributed by atoms with Crippen LogP contribution in [-0.2, 0) is 4.79 Å².